The number of methoxy groups -OCH3 is 1. The van der Waals surface area contributed by atoms with Crippen molar-refractivity contribution in [3.8, 4) is 5.75 Å². The van der Waals surface area contributed by atoms with Crippen LogP contribution in [0.5, 0.6) is 5.75 Å². The minimum absolute atomic E-state index is 0.0493. The fourth-order valence-corrected chi connectivity index (χ4v) is 14.1. The molecule has 0 amide bonds. The fraction of sp³-hybridized carbons (Fsp3) is 0.549. The highest BCUT2D eigenvalue weighted by Crippen LogP contribution is 2.44. The van der Waals surface area contributed by atoms with E-state index in [0.717, 1.165) is 22.8 Å². The Hall–Kier alpha value is -2.85. The lowest BCUT2D eigenvalue weighted by molar-refractivity contribution is -0.151. The van der Waals surface area contributed by atoms with Crippen LogP contribution < -0.4 is 15.1 Å². The molecule has 8 nitrogen and oxygen atoms in total. The van der Waals surface area contributed by atoms with Crippen molar-refractivity contribution in [2.75, 3.05) is 20.5 Å². The highest BCUT2D eigenvalue weighted by molar-refractivity contribution is 6.98. The molecule has 12 heteroatoms. The Bertz CT molecular complexity index is 1950. The van der Waals surface area contributed by atoms with Crippen LogP contribution in [-0.4, -0.2) is 80.1 Å². The van der Waals surface area contributed by atoms with Gasteiger partial charge in [0.15, 0.2) is 20.9 Å². The van der Waals surface area contributed by atoms with Crippen molar-refractivity contribution in [1.82, 2.24) is 0 Å². The number of hydrogen-bond donors (Lipinski definition) is 1. The summed E-state index contributed by atoms with van der Waals surface area (Å²) in [6, 6.07) is 24.7. The minimum atomic E-state index is -3.19. The topological polar surface area (TPSA) is 92.7 Å². The predicted octanol–water partition coefficient (Wildman–Crippen LogP) is 11.9. The molecule has 4 rings (SSSR count). The average Bonchev–Trinajstić information content (AvgIpc) is 3.50. The quantitative estimate of drug-likeness (QED) is 0.0489. The molecule has 1 N–H and O–H groups in total. The van der Waals surface area contributed by atoms with Gasteiger partial charge in [0.05, 0.1) is 18.8 Å². The maximum Gasteiger partial charge on any atom is 0.342 e. The molecule has 3 aromatic carbocycles. The van der Waals surface area contributed by atoms with Gasteiger partial charge in [0, 0.05) is 20.2 Å². The van der Waals surface area contributed by atoms with Gasteiger partial charge in [0.25, 0.3) is 8.32 Å². The van der Waals surface area contributed by atoms with Crippen LogP contribution in [0.2, 0.25) is 53.9 Å². The van der Waals surface area contributed by atoms with Gasteiger partial charge in [0.2, 0.25) is 0 Å². The number of ether oxygens (including phenoxy) is 5. The van der Waals surface area contributed by atoms with Crippen molar-refractivity contribution in [3.05, 3.63) is 107 Å². The van der Waals surface area contributed by atoms with E-state index in [1.54, 1.807) is 12.1 Å². The van der Waals surface area contributed by atoms with Crippen LogP contribution in [0.1, 0.15) is 91.1 Å². The van der Waals surface area contributed by atoms with Gasteiger partial charge in [0.1, 0.15) is 17.4 Å². The second-order valence-electron chi connectivity index (χ2n) is 21.2. The summed E-state index contributed by atoms with van der Waals surface area (Å²) in [6.45, 7) is 31.2. The molecule has 0 spiro atoms. The summed E-state index contributed by atoms with van der Waals surface area (Å²) in [6.07, 6.45) is 8.47. The van der Waals surface area contributed by atoms with Crippen molar-refractivity contribution >= 4 is 58.7 Å². The molecule has 63 heavy (non-hydrogen) atoms. The van der Waals surface area contributed by atoms with Gasteiger partial charge in [-0.05, 0) is 95.8 Å². The van der Waals surface area contributed by atoms with Crippen molar-refractivity contribution < 1.29 is 37.7 Å². The lowest BCUT2D eigenvalue weighted by atomic mass is 9.87. The molecular formula is C51H77ClO8Si3. The van der Waals surface area contributed by atoms with E-state index in [1.807, 2.05) is 62.4 Å². The van der Waals surface area contributed by atoms with Crippen LogP contribution in [0.4, 0.5) is 0 Å². The SMILES string of the molecule is COCOc1cc(Cl)cc(/C=C/C[C@@H]2OC(C)(C)O[C@@H]2C(/C=C\[C@@H](C)[C@H](C)CC(C)(C)[Si](O)(c2ccccc2)c2ccccc2)O[Si](C)(C)C(C)(C)C)c1C(=O)OCC[Si](C)(C)C. The van der Waals surface area contributed by atoms with E-state index in [4.69, 9.17) is 39.7 Å². The second kappa shape index (κ2) is 21.6. The maximum atomic E-state index is 13.7. The first-order valence-electron chi connectivity index (χ1n) is 22.6. The van der Waals surface area contributed by atoms with Gasteiger partial charge in [-0.3, -0.25) is 0 Å². The first kappa shape index (κ1) is 52.8. The Morgan fingerprint density at radius 1 is 0.905 bits per heavy atom. The molecule has 0 aliphatic carbocycles. The molecule has 0 saturated carbocycles. The number of carbonyl (C=O) groups excluding carboxylic acids is 1. The smallest absolute Gasteiger partial charge is 0.342 e. The molecule has 348 valence electrons. The molecule has 0 bridgehead atoms. The molecule has 5 atom stereocenters. The summed E-state index contributed by atoms with van der Waals surface area (Å²) in [5.74, 6) is -0.634. The zero-order chi connectivity index (χ0) is 47.0. The molecule has 1 heterocycles. The summed E-state index contributed by atoms with van der Waals surface area (Å²) < 4.78 is 37.5. The van der Waals surface area contributed by atoms with Crippen LogP contribution in [0.15, 0.2) is 91.0 Å². The number of hydrogen-bond acceptors (Lipinski definition) is 8. The third kappa shape index (κ3) is 14.1. The molecule has 1 saturated heterocycles. The van der Waals surface area contributed by atoms with Gasteiger partial charge in [-0.25, -0.2) is 4.79 Å². The predicted molar refractivity (Wildman–Crippen MR) is 268 cm³/mol. The Morgan fingerprint density at radius 3 is 2.03 bits per heavy atom. The lowest BCUT2D eigenvalue weighted by Crippen LogP contribution is -2.65. The fourth-order valence-electron chi connectivity index (χ4n) is 8.02. The van der Waals surface area contributed by atoms with E-state index in [0.29, 0.717) is 34.9 Å². The first-order valence-corrected chi connectivity index (χ1v) is 31.5. The molecule has 0 aromatic heterocycles. The standard InChI is InChI=1S/C51H77ClO8Si3/c1-37(38(2)35-50(6,7)63(54,41-24-18-16-19-25-41)42-26-20-17-21-27-42)29-30-44(60-62(14,15)49(3,4)5)47-43(58-51(8,9)59-47)28-22-23-39-33-40(52)34-45(57-36-55-10)46(39)48(53)56-31-32-61(11,12)13/h16-27,29-30,33-34,37-38,43-44,47,54H,28,31-32,35-36H2,1-15H3/b23-22+,30-29-/t37-,38-,43+,44?,47+/m1/s1. The van der Waals surface area contributed by atoms with Crippen molar-refractivity contribution in [2.24, 2.45) is 11.8 Å². The third-order valence-electron chi connectivity index (χ3n) is 12.9. The molecule has 1 aliphatic heterocycles. The van der Waals surface area contributed by atoms with Crippen molar-refractivity contribution in [1.29, 1.82) is 0 Å². The summed E-state index contributed by atoms with van der Waals surface area (Å²) in [5, 5.41) is 2.02. The van der Waals surface area contributed by atoms with E-state index >= 15 is 0 Å². The maximum absolute atomic E-state index is 13.7. The Kier molecular flexibility index (Phi) is 18.1. The second-order valence-corrected chi connectivity index (χ2v) is 36.0. The number of allylic oxidation sites excluding steroid dienone is 1. The number of rotatable bonds is 21. The van der Waals surface area contributed by atoms with Gasteiger partial charge >= 0.3 is 5.97 Å². The van der Waals surface area contributed by atoms with E-state index in [2.05, 4.69) is 118 Å². The van der Waals surface area contributed by atoms with Gasteiger partial charge in [-0.1, -0.05) is 165 Å². The van der Waals surface area contributed by atoms with Crippen LogP contribution >= 0.6 is 11.6 Å². The van der Waals surface area contributed by atoms with Crippen LogP contribution in [-0.2, 0) is 23.4 Å². The summed E-state index contributed by atoms with van der Waals surface area (Å²) in [4.78, 5) is 26.6. The number of esters is 1. The number of carbonyl (C=O) groups is 1. The normalized spacial score (nSPS) is 19.1. The Labute approximate surface area is 388 Å². The van der Waals surface area contributed by atoms with Gasteiger partial charge in [-0.2, -0.15) is 0 Å². The average molecular weight is 938 g/mol. The highest BCUT2D eigenvalue weighted by atomic mass is 35.5. The molecule has 3 aromatic rings. The largest absolute Gasteiger partial charge is 0.467 e. The van der Waals surface area contributed by atoms with Crippen LogP contribution in [0.25, 0.3) is 6.08 Å². The van der Waals surface area contributed by atoms with Crippen LogP contribution in [0.3, 0.4) is 0 Å². The lowest BCUT2D eigenvalue weighted by Gasteiger charge is -2.43. The molecule has 1 fully saturated rings. The van der Waals surface area contributed by atoms with Crippen molar-refractivity contribution in [2.45, 2.75) is 148 Å². The number of halogens is 1. The van der Waals surface area contributed by atoms with Gasteiger partial charge < -0.3 is 32.9 Å². The zero-order valence-corrected chi connectivity index (χ0v) is 44.6. The van der Waals surface area contributed by atoms with E-state index in [9.17, 15) is 9.59 Å². The van der Waals surface area contributed by atoms with Crippen LogP contribution in [0, 0.1) is 11.8 Å². The molecular weight excluding hydrogens is 860 g/mol. The summed E-state index contributed by atoms with van der Waals surface area (Å²) >= 11 is 6.60. The zero-order valence-electron chi connectivity index (χ0n) is 40.8. The Balaban J connectivity index is 1.65. The first-order chi connectivity index (χ1) is 29.2. The molecule has 1 unspecified atom stereocenters. The van der Waals surface area contributed by atoms with Crippen molar-refractivity contribution in [3.63, 3.8) is 0 Å². The Morgan fingerprint density at radius 2 is 1.49 bits per heavy atom. The minimum Gasteiger partial charge on any atom is -0.467 e. The monoisotopic (exact) mass is 936 g/mol. The van der Waals surface area contributed by atoms with E-state index in [-0.39, 0.29) is 34.8 Å². The highest BCUT2D eigenvalue weighted by Gasteiger charge is 2.51. The summed E-state index contributed by atoms with van der Waals surface area (Å²) in [7, 11) is -5.42. The third-order valence-corrected chi connectivity index (χ3v) is 23.8. The molecule has 0 radical (unpaired) electrons. The summed E-state index contributed by atoms with van der Waals surface area (Å²) in [5.41, 5.74) is 0.876. The van der Waals surface area contributed by atoms with E-state index in [1.165, 1.54) is 7.11 Å². The van der Waals surface area contributed by atoms with E-state index < -0.39 is 48.7 Å². The number of benzene rings is 3. The molecule has 1 aliphatic rings. The van der Waals surface area contributed by atoms with Gasteiger partial charge in [-0.15, -0.1) is 0 Å².